The molecule has 0 aliphatic rings. The van der Waals surface area contributed by atoms with E-state index in [0.29, 0.717) is 5.52 Å². The lowest BCUT2D eigenvalue weighted by atomic mass is 10.2. The van der Waals surface area contributed by atoms with Crippen LogP contribution in [-0.2, 0) is 9.84 Å². The van der Waals surface area contributed by atoms with Gasteiger partial charge in [-0.05, 0) is 42.5 Å². The summed E-state index contributed by atoms with van der Waals surface area (Å²) in [5.41, 5.74) is 0.679. The minimum absolute atomic E-state index is 0.0602. The molecule has 0 aliphatic carbocycles. The van der Waals surface area contributed by atoms with Gasteiger partial charge in [-0.25, -0.2) is 12.9 Å². The summed E-state index contributed by atoms with van der Waals surface area (Å²) >= 11 is 2.08. The largest absolute Gasteiger partial charge is 0.494 e. The van der Waals surface area contributed by atoms with E-state index in [9.17, 15) is 13.5 Å². The molecule has 6 nitrogen and oxygen atoms in total. The Labute approximate surface area is 130 Å². The van der Waals surface area contributed by atoms with E-state index in [1.165, 1.54) is 33.2 Å². The molecular formula is C12H15IN2O4S. The highest BCUT2D eigenvalue weighted by molar-refractivity contribution is 14.1. The van der Waals surface area contributed by atoms with E-state index < -0.39 is 21.2 Å². The molecule has 1 N–H and O–H groups in total. The minimum Gasteiger partial charge on any atom is -0.494 e. The smallest absolute Gasteiger partial charge is 0.189 e. The molecule has 0 fully saturated rings. The van der Waals surface area contributed by atoms with Gasteiger partial charge in [-0.3, -0.25) is 0 Å². The van der Waals surface area contributed by atoms with Crippen molar-refractivity contribution in [2.45, 2.75) is 23.5 Å². The Balaban J connectivity index is 2.79. The Kier molecular flexibility index (Phi) is 4.00. The molecule has 0 unspecified atom stereocenters. The number of hydrogen-bond acceptors (Lipinski definition) is 5. The van der Waals surface area contributed by atoms with Crippen molar-refractivity contribution in [2.24, 2.45) is 0 Å². The quantitative estimate of drug-likeness (QED) is 0.773. The maximum atomic E-state index is 12.7. The summed E-state index contributed by atoms with van der Waals surface area (Å²) in [6, 6.07) is 1.53. The first-order chi connectivity index (χ1) is 9.24. The molecular weight excluding hydrogens is 395 g/mol. The summed E-state index contributed by atoms with van der Waals surface area (Å²) in [4.78, 5) is 0.0602. The zero-order chi connectivity index (χ0) is 15.1. The molecule has 2 heterocycles. The molecule has 0 saturated carbocycles. The van der Waals surface area contributed by atoms with Gasteiger partial charge < -0.3 is 9.84 Å². The first-order valence-electron chi connectivity index (χ1n) is 5.81. The molecule has 2 rings (SSSR count). The van der Waals surface area contributed by atoms with Crippen LogP contribution in [0.5, 0.6) is 5.75 Å². The van der Waals surface area contributed by atoms with Gasteiger partial charge in [0.1, 0.15) is 4.90 Å². The molecule has 0 aliphatic heterocycles. The van der Waals surface area contributed by atoms with Gasteiger partial charge in [-0.2, -0.15) is 5.10 Å². The van der Waals surface area contributed by atoms with Crippen molar-refractivity contribution in [3.05, 3.63) is 22.0 Å². The fourth-order valence-electron chi connectivity index (χ4n) is 1.70. The second-order valence-corrected chi connectivity index (χ2v) is 8.66. The molecule has 2 aromatic heterocycles. The van der Waals surface area contributed by atoms with Crippen molar-refractivity contribution in [2.75, 3.05) is 13.7 Å². The van der Waals surface area contributed by atoms with Crippen molar-refractivity contribution >= 4 is 37.9 Å². The Bertz CT molecular complexity index is 752. The highest BCUT2D eigenvalue weighted by atomic mass is 127. The summed E-state index contributed by atoms with van der Waals surface area (Å²) in [7, 11) is -2.33. The molecule has 2 aromatic rings. The van der Waals surface area contributed by atoms with E-state index in [2.05, 4.69) is 27.7 Å². The van der Waals surface area contributed by atoms with E-state index in [4.69, 9.17) is 4.74 Å². The van der Waals surface area contributed by atoms with Crippen LogP contribution in [-0.4, -0.2) is 41.6 Å². The Morgan fingerprint density at radius 2 is 2.15 bits per heavy atom. The first-order valence-corrected chi connectivity index (χ1v) is 8.37. The van der Waals surface area contributed by atoms with Gasteiger partial charge in [0, 0.05) is 0 Å². The fourth-order valence-corrected chi connectivity index (χ4v) is 3.66. The van der Waals surface area contributed by atoms with E-state index in [1.807, 2.05) is 0 Å². The van der Waals surface area contributed by atoms with Crippen LogP contribution in [0.3, 0.4) is 0 Å². The predicted octanol–water partition coefficient (Wildman–Crippen LogP) is 1.49. The Hall–Kier alpha value is -0.870. The van der Waals surface area contributed by atoms with Crippen LogP contribution in [0, 0.1) is 3.57 Å². The monoisotopic (exact) mass is 410 g/mol. The van der Waals surface area contributed by atoms with Gasteiger partial charge in [-0.1, -0.05) is 0 Å². The van der Waals surface area contributed by atoms with Crippen molar-refractivity contribution < 1.29 is 18.3 Å². The van der Waals surface area contributed by atoms with Crippen molar-refractivity contribution in [1.82, 2.24) is 9.61 Å². The summed E-state index contributed by atoms with van der Waals surface area (Å²) in [5, 5.41) is 13.5. The van der Waals surface area contributed by atoms with Gasteiger partial charge in [-0.15, -0.1) is 0 Å². The fraction of sp³-hybridized carbons (Fsp3) is 0.417. The number of fused-ring (bicyclic) bond motifs is 1. The van der Waals surface area contributed by atoms with Gasteiger partial charge in [0.2, 0.25) is 0 Å². The van der Waals surface area contributed by atoms with Crippen LogP contribution >= 0.6 is 22.6 Å². The number of sulfone groups is 1. The third kappa shape index (κ3) is 2.29. The van der Waals surface area contributed by atoms with E-state index in [-0.39, 0.29) is 10.6 Å². The number of nitrogens with zero attached hydrogens (tertiary/aromatic N) is 2. The number of halogens is 1. The van der Waals surface area contributed by atoms with E-state index >= 15 is 0 Å². The van der Waals surface area contributed by atoms with Crippen molar-refractivity contribution in [1.29, 1.82) is 0 Å². The molecule has 0 radical (unpaired) electrons. The number of pyridine rings is 1. The van der Waals surface area contributed by atoms with Crippen LogP contribution < -0.4 is 4.74 Å². The van der Waals surface area contributed by atoms with Gasteiger partial charge in [0.05, 0.1) is 39.9 Å². The normalized spacial score (nSPS) is 12.8. The molecule has 0 bridgehead atoms. The number of aliphatic hydroxyl groups excluding tert-OH is 1. The molecule has 0 aromatic carbocycles. The SMILES string of the molecule is COc1cn2ncc(I)c2cc1S(=O)(=O)C(C)(C)CO. The summed E-state index contributed by atoms with van der Waals surface area (Å²) in [6.45, 7) is 2.49. The zero-order valence-corrected chi connectivity index (χ0v) is 14.3. The van der Waals surface area contributed by atoms with Crippen molar-refractivity contribution in [3.63, 3.8) is 0 Å². The van der Waals surface area contributed by atoms with Crippen LogP contribution in [0.2, 0.25) is 0 Å². The average molecular weight is 410 g/mol. The van der Waals surface area contributed by atoms with Crippen molar-refractivity contribution in [3.8, 4) is 5.75 Å². The van der Waals surface area contributed by atoms with Crippen LogP contribution in [0.1, 0.15) is 13.8 Å². The number of methoxy groups -OCH3 is 1. The predicted molar refractivity (Wildman–Crippen MR) is 82.8 cm³/mol. The molecule has 0 spiro atoms. The van der Waals surface area contributed by atoms with E-state index in [1.54, 1.807) is 10.7 Å². The Morgan fingerprint density at radius 3 is 2.70 bits per heavy atom. The van der Waals surface area contributed by atoms with Gasteiger partial charge in [0.15, 0.2) is 15.6 Å². The summed E-state index contributed by atoms with van der Waals surface area (Å²) < 4.78 is 31.6. The van der Waals surface area contributed by atoms with E-state index in [0.717, 1.165) is 3.57 Å². The average Bonchev–Trinajstić information content (AvgIpc) is 2.78. The third-order valence-corrected chi connectivity index (χ3v) is 6.47. The first kappa shape index (κ1) is 15.5. The highest BCUT2D eigenvalue weighted by Gasteiger charge is 2.37. The molecule has 110 valence electrons. The Morgan fingerprint density at radius 1 is 1.50 bits per heavy atom. The maximum absolute atomic E-state index is 12.7. The molecule has 20 heavy (non-hydrogen) atoms. The highest BCUT2D eigenvalue weighted by Crippen LogP contribution is 2.33. The second-order valence-electron chi connectivity index (χ2n) is 4.95. The third-order valence-electron chi connectivity index (χ3n) is 3.15. The summed E-state index contributed by atoms with van der Waals surface area (Å²) in [5.74, 6) is 0.207. The number of aliphatic hydroxyl groups is 1. The van der Waals surface area contributed by atoms with Crippen LogP contribution in [0.25, 0.3) is 5.52 Å². The molecule has 0 saturated heterocycles. The number of hydrogen-bond donors (Lipinski definition) is 1. The minimum atomic E-state index is -3.74. The molecule has 0 atom stereocenters. The summed E-state index contributed by atoms with van der Waals surface area (Å²) in [6.07, 6.45) is 3.17. The van der Waals surface area contributed by atoms with Gasteiger partial charge in [0.25, 0.3) is 0 Å². The molecule has 8 heteroatoms. The second kappa shape index (κ2) is 5.15. The standard InChI is InChI=1S/C12H15IN2O4S/c1-12(2,7-16)20(17,18)11-4-9-8(13)5-14-15(9)6-10(11)19-3/h4-6,16H,7H2,1-3H3. The number of rotatable bonds is 4. The molecule has 0 amide bonds. The number of aromatic nitrogens is 2. The van der Waals surface area contributed by atoms with Gasteiger partial charge >= 0.3 is 0 Å². The van der Waals surface area contributed by atoms with Crippen LogP contribution in [0.15, 0.2) is 23.4 Å². The lowest BCUT2D eigenvalue weighted by Crippen LogP contribution is -2.36. The number of ether oxygens (including phenoxy) is 1. The topological polar surface area (TPSA) is 80.9 Å². The lowest BCUT2D eigenvalue weighted by Gasteiger charge is -2.23. The zero-order valence-electron chi connectivity index (χ0n) is 11.3. The van der Waals surface area contributed by atoms with Crippen LogP contribution in [0.4, 0.5) is 0 Å². The maximum Gasteiger partial charge on any atom is 0.189 e. The lowest BCUT2D eigenvalue weighted by molar-refractivity contribution is 0.258.